The summed E-state index contributed by atoms with van der Waals surface area (Å²) in [5, 5.41) is 11.6. The first-order valence-corrected chi connectivity index (χ1v) is 6.75. The number of hydrogen-bond acceptors (Lipinski definition) is 4. The van der Waals surface area contributed by atoms with Crippen molar-refractivity contribution in [2.75, 3.05) is 13.2 Å². The highest BCUT2D eigenvalue weighted by atomic mass is 16.5. The number of rotatable bonds is 7. The second-order valence-electron chi connectivity index (χ2n) is 5.50. The molecule has 110 valence electrons. The molecule has 0 bridgehead atoms. The van der Waals surface area contributed by atoms with Gasteiger partial charge in [0.15, 0.2) is 0 Å². The largest absolute Gasteiger partial charge is 0.481 e. The topological polar surface area (TPSA) is 102 Å². The van der Waals surface area contributed by atoms with E-state index in [1.807, 2.05) is 6.92 Å². The van der Waals surface area contributed by atoms with Crippen LogP contribution in [0.3, 0.4) is 0 Å². The Morgan fingerprint density at radius 2 is 2.11 bits per heavy atom. The van der Waals surface area contributed by atoms with E-state index in [9.17, 15) is 9.59 Å². The van der Waals surface area contributed by atoms with Crippen LogP contribution >= 0.6 is 0 Å². The fourth-order valence-electron chi connectivity index (χ4n) is 2.05. The van der Waals surface area contributed by atoms with Crippen molar-refractivity contribution >= 4 is 11.9 Å². The summed E-state index contributed by atoms with van der Waals surface area (Å²) in [5.41, 5.74) is 5.05. The minimum absolute atomic E-state index is 0.00507. The summed E-state index contributed by atoms with van der Waals surface area (Å²) in [5.74, 6) is -1.29. The Morgan fingerprint density at radius 3 is 2.63 bits per heavy atom. The molecule has 0 aromatic carbocycles. The Morgan fingerprint density at radius 1 is 1.42 bits per heavy atom. The van der Waals surface area contributed by atoms with Crippen molar-refractivity contribution < 1.29 is 19.4 Å². The molecule has 4 N–H and O–H groups in total. The molecular formula is C13H24N2O4. The molecule has 3 unspecified atom stereocenters. The lowest BCUT2D eigenvalue weighted by molar-refractivity contribution is -0.141. The Labute approximate surface area is 113 Å². The molecular weight excluding hydrogens is 248 g/mol. The second kappa shape index (κ2) is 6.86. The van der Waals surface area contributed by atoms with Gasteiger partial charge in [0, 0.05) is 12.6 Å². The Kier molecular flexibility index (Phi) is 5.75. The van der Waals surface area contributed by atoms with Gasteiger partial charge in [-0.3, -0.25) is 9.59 Å². The number of carbonyl (C=O) groups excluding carboxylic acids is 1. The molecule has 0 aromatic heterocycles. The quantitative estimate of drug-likeness (QED) is 0.626. The molecule has 0 aromatic rings. The standard InChI is InChI=1S/C13H24N2O4/c1-9(11(16)17)4-3-5-10(2)15-12(18)13(14)6-7-19-8-13/h9-10H,3-8,14H2,1-2H3,(H,15,18)(H,16,17). The third-order valence-corrected chi connectivity index (χ3v) is 3.58. The van der Waals surface area contributed by atoms with E-state index in [2.05, 4.69) is 5.32 Å². The van der Waals surface area contributed by atoms with E-state index >= 15 is 0 Å². The predicted octanol–water partition coefficient (Wildman–Crippen LogP) is 0.500. The number of nitrogens with two attached hydrogens (primary N) is 1. The lowest BCUT2D eigenvalue weighted by Gasteiger charge is -2.24. The summed E-state index contributed by atoms with van der Waals surface area (Å²) < 4.78 is 5.15. The van der Waals surface area contributed by atoms with Crippen LogP contribution in [0, 0.1) is 5.92 Å². The first-order valence-electron chi connectivity index (χ1n) is 6.75. The number of nitrogens with one attached hydrogen (secondary N) is 1. The Balaban J connectivity index is 2.25. The number of ether oxygens (including phenoxy) is 1. The minimum atomic E-state index is -0.900. The van der Waals surface area contributed by atoms with Gasteiger partial charge in [-0.1, -0.05) is 13.3 Å². The molecule has 6 nitrogen and oxygen atoms in total. The van der Waals surface area contributed by atoms with Crippen LogP contribution in [0.1, 0.15) is 39.5 Å². The number of aliphatic carboxylic acids is 1. The summed E-state index contributed by atoms with van der Waals surface area (Å²) in [4.78, 5) is 22.6. The van der Waals surface area contributed by atoms with E-state index in [0.717, 1.165) is 12.8 Å². The molecule has 1 rings (SSSR count). The Bertz CT molecular complexity index is 327. The van der Waals surface area contributed by atoms with Gasteiger partial charge < -0.3 is 20.9 Å². The zero-order valence-corrected chi connectivity index (χ0v) is 11.6. The van der Waals surface area contributed by atoms with Crippen LogP contribution in [-0.2, 0) is 14.3 Å². The summed E-state index contributed by atoms with van der Waals surface area (Å²) >= 11 is 0. The number of carboxylic acids is 1. The van der Waals surface area contributed by atoms with Gasteiger partial charge in [0.05, 0.1) is 12.5 Å². The molecule has 1 fully saturated rings. The molecule has 0 saturated carbocycles. The molecule has 19 heavy (non-hydrogen) atoms. The van der Waals surface area contributed by atoms with Crippen molar-refractivity contribution in [3.63, 3.8) is 0 Å². The highest BCUT2D eigenvalue weighted by molar-refractivity contribution is 5.86. The highest BCUT2D eigenvalue weighted by Gasteiger charge is 2.38. The summed E-state index contributed by atoms with van der Waals surface area (Å²) in [6.07, 6.45) is 2.68. The number of amides is 1. The molecule has 3 atom stereocenters. The molecule has 1 aliphatic rings. The van der Waals surface area contributed by atoms with E-state index in [1.54, 1.807) is 6.92 Å². The van der Waals surface area contributed by atoms with E-state index in [4.69, 9.17) is 15.6 Å². The number of carboxylic acid groups (broad SMARTS) is 1. The fourth-order valence-corrected chi connectivity index (χ4v) is 2.05. The lowest BCUT2D eigenvalue weighted by Crippen LogP contribution is -2.56. The highest BCUT2D eigenvalue weighted by Crippen LogP contribution is 2.16. The normalized spacial score (nSPS) is 25.8. The molecule has 0 radical (unpaired) electrons. The summed E-state index contributed by atoms with van der Waals surface area (Å²) in [7, 11) is 0. The van der Waals surface area contributed by atoms with Gasteiger partial charge in [-0.2, -0.15) is 0 Å². The number of carbonyl (C=O) groups is 2. The van der Waals surface area contributed by atoms with Crippen molar-refractivity contribution in [1.82, 2.24) is 5.32 Å². The van der Waals surface area contributed by atoms with Gasteiger partial charge in [-0.15, -0.1) is 0 Å². The maximum Gasteiger partial charge on any atom is 0.306 e. The first-order chi connectivity index (χ1) is 8.85. The van der Waals surface area contributed by atoms with Crippen molar-refractivity contribution in [3.8, 4) is 0 Å². The SMILES string of the molecule is CC(CCCC(C)C(=O)O)NC(=O)C1(N)CCOC1. The molecule has 1 heterocycles. The first kappa shape index (κ1) is 15.9. The average Bonchev–Trinajstić information content (AvgIpc) is 2.77. The van der Waals surface area contributed by atoms with Crippen LogP contribution in [0.25, 0.3) is 0 Å². The molecule has 0 spiro atoms. The third kappa shape index (κ3) is 4.80. The van der Waals surface area contributed by atoms with Gasteiger partial charge in [-0.25, -0.2) is 0 Å². The van der Waals surface area contributed by atoms with Crippen LogP contribution in [0.4, 0.5) is 0 Å². The summed E-state index contributed by atoms with van der Waals surface area (Å²) in [6, 6.07) is -0.00507. The van der Waals surface area contributed by atoms with Crippen LogP contribution in [0.5, 0.6) is 0 Å². The minimum Gasteiger partial charge on any atom is -0.481 e. The van der Waals surface area contributed by atoms with Gasteiger partial charge in [0.2, 0.25) is 5.91 Å². The van der Waals surface area contributed by atoms with Crippen molar-refractivity contribution in [1.29, 1.82) is 0 Å². The maximum absolute atomic E-state index is 12.0. The van der Waals surface area contributed by atoms with Crippen LogP contribution in [-0.4, -0.2) is 41.8 Å². The molecule has 0 aliphatic carbocycles. The monoisotopic (exact) mass is 272 g/mol. The van der Waals surface area contributed by atoms with Crippen molar-refractivity contribution in [2.24, 2.45) is 11.7 Å². The van der Waals surface area contributed by atoms with Crippen LogP contribution in [0.15, 0.2) is 0 Å². The van der Waals surface area contributed by atoms with Gasteiger partial charge >= 0.3 is 5.97 Å². The molecule has 1 amide bonds. The zero-order chi connectivity index (χ0) is 14.5. The molecule has 1 saturated heterocycles. The smallest absolute Gasteiger partial charge is 0.306 e. The second-order valence-corrected chi connectivity index (χ2v) is 5.50. The molecule has 1 aliphatic heterocycles. The molecule has 6 heteroatoms. The van der Waals surface area contributed by atoms with Gasteiger partial charge in [0.1, 0.15) is 5.54 Å². The van der Waals surface area contributed by atoms with Crippen molar-refractivity contribution in [2.45, 2.75) is 51.1 Å². The average molecular weight is 272 g/mol. The van der Waals surface area contributed by atoms with Gasteiger partial charge in [0.25, 0.3) is 0 Å². The van der Waals surface area contributed by atoms with Crippen LogP contribution < -0.4 is 11.1 Å². The van der Waals surface area contributed by atoms with E-state index in [0.29, 0.717) is 19.4 Å². The third-order valence-electron chi connectivity index (χ3n) is 3.58. The van der Waals surface area contributed by atoms with E-state index in [1.165, 1.54) is 0 Å². The Hall–Kier alpha value is -1.14. The maximum atomic E-state index is 12.0. The zero-order valence-electron chi connectivity index (χ0n) is 11.6. The van der Waals surface area contributed by atoms with Gasteiger partial charge in [-0.05, 0) is 26.2 Å². The van der Waals surface area contributed by atoms with Crippen molar-refractivity contribution in [3.05, 3.63) is 0 Å². The van der Waals surface area contributed by atoms with E-state index < -0.39 is 11.5 Å². The summed E-state index contributed by atoms with van der Waals surface area (Å²) in [6.45, 7) is 4.38. The van der Waals surface area contributed by atoms with E-state index in [-0.39, 0.29) is 24.5 Å². The predicted molar refractivity (Wildman–Crippen MR) is 70.6 cm³/mol. The van der Waals surface area contributed by atoms with Crippen LogP contribution in [0.2, 0.25) is 0 Å². The number of hydrogen-bond donors (Lipinski definition) is 3. The fraction of sp³-hybridized carbons (Fsp3) is 0.846. The lowest BCUT2D eigenvalue weighted by atomic mass is 9.97.